The lowest BCUT2D eigenvalue weighted by molar-refractivity contribution is -0.146. The molecule has 12 heteroatoms. The number of hydrogen-bond donors (Lipinski definition) is 2. The number of carbonyl (C=O) groups is 4. The minimum Gasteiger partial charge on any atom is -0.469 e. The monoisotopic (exact) mass is 720 g/mol. The highest BCUT2D eigenvalue weighted by molar-refractivity contribution is 14.1. The van der Waals surface area contributed by atoms with Crippen LogP contribution in [-0.2, 0) is 37.0 Å². The van der Waals surface area contributed by atoms with Crippen molar-refractivity contribution in [3.8, 4) is 0 Å². The molecule has 1 aliphatic carbocycles. The zero-order valence-corrected chi connectivity index (χ0v) is 26.7. The van der Waals surface area contributed by atoms with Gasteiger partial charge in [-0.15, -0.1) is 0 Å². The molecule has 9 nitrogen and oxygen atoms in total. The molecule has 3 amide bonds. The molecular formula is C32H35F2IN4O5. The van der Waals surface area contributed by atoms with Gasteiger partial charge in [-0.2, -0.15) is 0 Å². The second kappa shape index (κ2) is 13.6. The van der Waals surface area contributed by atoms with Gasteiger partial charge in [0, 0.05) is 46.7 Å². The molecule has 0 bridgehead atoms. The molecule has 44 heavy (non-hydrogen) atoms. The second-order valence-corrected chi connectivity index (χ2v) is 12.3. The van der Waals surface area contributed by atoms with Crippen LogP contribution in [0.15, 0.2) is 42.6 Å². The Kier molecular flexibility index (Phi) is 9.86. The average Bonchev–Trinajstić information content (AvgIpc) is 3.58. The molecule has 1 saturated carbocycles. The van der Waals surface area contributed by atoms with Crippen LogP contribution < -0.4 is 10.6 Å². The molecule has 0 unspecified atom stereocenters. The summed E-state index contributed by atoms with van der Waals surface area (Å²) in [6.07, 6.45) is 2.19. The predicted octanol–water partition coefficient (Wildman–Crippen LogP) is 4.83. The molecule has 0 spiro atoms. The van der Waals surface area contributed by atoms with E-state index in [1.165, 1.54) is 24.1 Å². The first kappa shape index (κ1) is 31.9. The van der Waals surface area contributed by atoms with Crippen LogP contribution in [0.3, 0.4) is 0 Å². The summed E-state index contributed by atoms with van der Waals surface area (Å²) in [4.78, 5) is 52.6. The Morgan fingerprint density at radius 2 is 1.80 bits per heavy atom. The number of carbonyl (C=O) groups excluding carboxylic acids is 4. The van der Waals surface area contributed by atoms with Gasteiger partial charge in [0.2, 0.25) is 11.8 Å². The first-order valence-corrected chi connectivity index (χ1v) is 16.2. The number of aromatic nitrogens is 1. The maximum absolute atomic E-state index is 15.4. The van der Waals surface area contributed by atoms with Crippen molar-refractivity contribution in [2.75, 3.05) is 19.0 Å². The number of anilines is 1. The molecule has 1 saturated heterocycles. The number of rotatable bonds is 8. The minimum absolute atomic E-state index is 0.104. The van der Waals surface area contributed by atoms with Gasteiger partial charge >= 0.3 is 5.97 Å². The molecule has 1 aromatic heterocycles. The van der Waals surface area contributed by atoms with Gasteiger partial charge in [0.25, 0.3) is 5.91 Å². The van der Waals surface area contributed by atoms with Crippen molar-refractivity contribution in [2.45, 2.75) is 61.2 Å². The fraction of sp³-hybridized carbons (Fsp3) is 0.438. The zero-order valence-electron chi connectivity index (χ0n) is 24.6. The number of esters is 1. The van der Waals surface area contributed by atoms with E-state index < -0.39 is 29.8 Å². The van der Waals surface area contributed by atoms with E-state index in [4.69, 9.17) is 4.74 Å². The number of fused-ring (bicyclic) bond motifs is 1. The molecule has 2 aliphatic rings. The van der Waals surface area contributed by atoms with Crippen molar-refractivity contribution < 1.29 is 32.7 Å². The predicted molar refractivity (Wildman–Crippen MR) is 170 cm³/mol. The van der Waals surface area contributed by atoms with Crippen LogP contribution in [0.5, 0.6) is 0 Å². The lowest BCUT2D eigenvalue weighted by Crippen LogP contribution is -2.50. The van der Waals surface area contributed by atoms with Crippen molar-refractivity contribution in [3.05, 3.63) is 65.1 Å². The fourth-order valence-corrected chi connectivity index (χ4v) is 6.89. The number of methoxy groups -OCH3 is 1. The number of ether oxygens (including phenoxy) is 1. The molecule has 2 atom stereocenters. The van der Waals surface area contributed by atoms with E-state index in [2.05, 4.69) is 33.2 Å². The van der Waals surface area contributed by atoms with Gasteiger partial charge in [-0.1, -0.05) is 40.8 Å². The highest BCUT2D eigenvalue weighted by atomic mass is 127. The van der Waals surface area contributed by atoms with Crippen molar-refractivity contribution in [1.29, 1.82) is 0 Å². The highest BCUT2D eigenvalue weighted by Gasteiger charge is 2.41. The topological polar surface area (TPSA) is 110 Å². The molecule has 2 aromatic carbocycles. The first-order valence-electron chi connectivity index (χ1n) is 14.6. The molecule has 1 aliphatic heterocycles. The Hall–Kier alpha value is -3.55. The summed E-state index contributed by atoms with van der Waals surface area (Å²) in [6, 6.07) is 9.05. The van der Waals surface area contributed by atoms with Gasteiger partial charge in [0.1, 0.15) is 18.0 Å². The maximum atomic E-state index is 15.4. The van der Waals surface area contributed by atoms with Gasteiger partial charge in [0.15, 0.2) is 0 Å². The van der Waals surface area contributed by atoms with Crippen LogP contribution in [0.4, 0.5) is 14.5 Å². The number of nitrogens with one attached hydrogen (secondary N) is 2. The van der Waals surface area contributed by atoms with Crippen LogP contribution >= 0.6 is 22.6 Å². The van der Waals surface area contributed by atoms with Gasteiger partial charge < -0.3 is 24.8 Å². The summed E-state index contributed by atoms with van der Waals surface area (Å²) in [5.74, 6) is -2.52. The van der Waals surface area contributed by atoms with Crippen LogP contribution in [0.2, 0.25) is 0 Å². The number of amides is 3. The highest BCUT2D eigenvalue weighted by Crippen LogP contribution is 2.29. The Bertz CT molecular complexity index is 1590. The summed E-state index contributed by atoms with van der Waals surface area (Å²) in [6.45, 7) is -0.244. The van der Waals surface area contributed by atoms with E-state index in [0.29, 0.717) is 46.9 Å². The van der Waals surface area contributed by atoms with E-state index in [-0.39, 0.29) is 48.8 Å². The number of alkyl halides is 2. The Balaban J connectivity index is 1.25. The molecule has 2 fully saturated rings. The van der Waals surface area contributed by atoms with Crippen LogP contribution in [0.25, 0.3) is 10.9 Å². The normalized spacial score (nSPS) is 21.7. The minimum atomic E-state index is -1.37. The fourth-order valence-electron chi connectivity index (χ4n) is 6.25. The van der Waals surface area contributed by atoms with Crippen molar-refractivity contribution in [2.24, 2.45) is 13.0 Å². The Labute approximate surface area is 267 Å². The summed E-state index contributed by atoms with van der Waals surface area (Å²) in [5.41, 5.74) is 2.38. The third-order valence-electron chi connectivity index (χ3n) is 8.63. The van der Waals surface area contributed by atoms with E-state index in [0.717, 1.165) is 10.9 Å². The van der Waals surface area contributed by atoms with Gasteiger partial charge in [-0.05, 0) is 55.0 Å². The standard InChI is InChI=1S/C32H35F2IN4O5/c1-38-17-24(23-5-3-4-6-27(23)38)30(41)37-26-14-25(34)19(11-20(26)15-35)12-29(40)39-16-21(33)13-28(39)31(42)36-22-9-7-18(8-10-22)32(43)44-2/h3-6,11,14,17-18,21-22,28H,7-10,12-13,15-16H2,1-2H3,(H,36,42)(H,37,41)/t18-,21-,22-,28-/m0/s1. The van der Waals surface area contributed by atoms with E-state index in [9.17, 15) is 23.6 Å². The van der Waals surface area contributed by atoms with E-state index in [1.54, 1.807) is 6.20 Å². The summed E-state index contributed by atoms with van der Waals surface area (Å²) >= 11 is 2.10. The zero-order chi connectivity index (χ0) is 31.5. The number of halogens is 3. The van der Waals surface area contributed by atoms with E-state index >= 15 is 4.39 Å². The largest absolute Gasteiger partial charge is 0.469 e. The summed E-state index contributed by atoms with van der Waals surface area (Å²) in [5, 5.41) is 6.51. The quantitative estimate of drug-likeness (QED) is 0.197. The van der Waals surface area contributed by atoms with Gasteiger partial charge in [0.05, 0.1) is 31.6 Å². The second-order valence-electron chi connectivity index (χ2n) is 11.5. The smallest absolute Gasteiger partial charge is 0.308 e. The number of hydrogen-bond acceptors (Lipinski definition) is 5. The number of aryl methyl sites for hydroxylation is 1. The van der Waals surface area contributed by atoms with E-state index in [1.807, 2.05) is 35.9 Å². The molecular weight excluding hydrogens is 685 g/mol. The number of likely N-dealkylation sites (tertiary alicyclic amines) is 1. The summed E-state index contributed by atoms with van der Waals surface area (Å²) in [7, 11) is 3.20. The van der Waals surface area contributed by atoms with Crippen LogP contribution in [0.1, 0.15) is 53.6 Å². The first-order chi connectivity index (χ1) is 21.1. The SMILES string of the molecule is COC(=O)[C@H]1CC[C@H](NC(=O)[C@@H]2C[C@H](F)CN2C(=O)Cc2cc(CI)c(NC(=O)c3cn(C)c4ccccc34)cc2F)CC1. The van der Waals surface area contributed by atoms with Crippen LogP contribution in [0, 0.1) is 11.7 Å². The lowest BCUT2D eigenvalue weighted by atomic mass is 9.86. The third-order valence-corrected chi connectivity index (χ3v) is 9.45. The number of para-hydroxylation sites is 1. The average molecular weight is 721 g/mol. The molecule has 0 radical (unpaired) electrons. The van der Waals surface area contributed by atoms with Crippen molar-refractivity contribution >= 4 is 62.9 Å². The van der Waals surface area contributed by atoms with Crippen molar-refractivity contribution in [3.63, 3.8) is 0 Å². The third kappa shape index (κ3) is 6.74. The number of nitrogens with zero attached hydrogens (tertiary/aromatic N) is 2. The lowest BCUT2D eigenvalue weighted by Gasteiger charge is -2.30. The van der Waals surface area contributed by atoms with Gasteiger partial charge in [-0.25, -0.2) is 8.78 Å². The Morgan fingerprint density at radius 3 is 2.50 bits per heavy atom. The molecule has 5 rings (SSSR count). The van der Waals surface area contributed by atoms with Crippen LogP contribution in [-0.4, -0.2) is 65.1 Å². The maximum Gasteiger partial charge on any atom is 0.308 e. The van der Waals surface area contributed by atoms with Crippen molar-refractivity contribution in [1.82, 2.24) is 14.8 Å². The number of benzene rings is 2. The van der Waals surface area contributed by atoms with Gasteiger partial charge in [-0.3, -0.25) is 19.2 Å². The molecule has 2 heterocycles. The molecule has 234 valence electrons. The molecule has 2 N–H and O–H groups in total. The molecule has 3 aromatic rings. The Morgan fingerprint density at radius 1 is 1.07 bits per heavy atom. The summed E-state index contributed by atoms with van der Waals surface area (Å²) < 4.78 is 37.0.